The molecule has 1 aliphatic rings. The number of nitrogens with zero attached hydrogens (tertiary/aromatic N) is 4. The first-order valence-corrected chi connectivity index (χ1v) is 9.65. The molecule has 0 bridgehead atoms. The SMILES string of the molecule is CC[C@H]1c2ccsc2CC[NH+]1Cn1nnn(-c2cccc(F)c2)c1=S. The van der Waals surface area contributed by atoms with Gasteiger partial charge in [-0.15, -0.1) is 11.3 Å². The van der Waals surface area contributed by atoms with Crippen LogP contribution in [0.1, 0.15) is 29.8 Å². The van der Waals surface area contributed by atoms with Gasteiger partial charge in [-0.3, -0.25) is 0 Å². The molecule has 3 heterocycles. The zero-order chi connectivity index (χ0) is 17.4. The third kappa shape index (κ3) is 3.05. The Balaban J connectivity index is 1.61. The van der Waals surface area contributed by atoms with Crippen LogP contribution in [0, 0.1) is 10.6 Å². The van der Waals surface area contributed by atoms with Crippen LogP contribution in [0.3, 0.4) is 0 Å². The Labute approximate surface area is 154 Å². The monoisotopic (exact) mass is 376 g/mol. The molecule has 2 aromatic heterocycles. The van der Waals surface area contributed by atoms with Crippen LogP contribution in [-0.4, -0.2) is 26.3 Å². The fourth-order valence-corrected chi connectivity index (χ4v) is 4.75. The molecule has 0 spiro atoms. The van der Waals surface area contributed by atoms with Crippen molar-refractivity contribution in [3.63, 3.8) is 0 Å². The fraction of sp³-hybridized carbons (Fsp3) is 0.353. The molecular formula is C17H19FN5S2+. The molecule has 1 N–H and O–H groups in total. The molecule has 0 aliphatic carbocycles. The van der Waals surface area contributed by atoms with Gasteiger partial charge in [-0.2, -0.15) is 9.36 Å². The molecule has 2 atom stereocenters. The first kappa shape index (κ1) is 16.6. The number of aromatic nitrogens is 4. The number of hydrogen-bond donors (Lipinski definition) is 1. The lowest BCUT2D eigenvalue weighted by Crippen LogP contribution is -3.12. The molecule has 1 aliphatic heterocycles. The van der Waals surface area contributed by atoms with Gasteiger partial charge in [0.1, 0.15) is 11.9 Å². The number of hydrogen-bond acceptors (Lipinski definition) is 4. The fourth-order valence-electron chi connectivity index (χ4n) is 3.57. The summed E-state index contributed by atoms with van der Waals surface area (Å²) in [4.78, 5) is 2.94. The van der Waals surface area contributed by atoms with Crippen LogP contribution in [0.2, 0.25) is 0 Å². The van der Waals surface area contributed by atoms with Crippen molar-refractivity contribution >= 4 is 23.6 Å². The Hall–Kier alpha value is -1.90. The van der Waals surface area contributed by atoms with E-state index in [1.807, 2.05) is 11.3 Å². The van der Waals surface area contributed by atoms with Gasteiger partial charge in [-0.1, -0.05) is 13.0 Å². The molecule has 25 heavy (non-hydrogen) atoms. The second kappa shape index (κ2) is 6.78. The highest BCUT2D eigenvalue weighted by Gasteiger charge is 2.31. The molecule has 130 valence electrons. The minimum absolute atomic E-state index is 0.313. The van der Waals surface area contributed by atoms with Crippen molar-refractivity contribution in [2.24, 2.45) is 0 Å². The molecule has 5 nitrogen and oxygen atoms in total. The number of thiophene rings is 1. The maximum absolute atomic E-state index is 13.5. The molecule has 0 saturated heterocycles. The molecule has 1 aromatic carbocycles. The number of tetrazole rings is 1. The predicted octanol–water partition coefficient (Wildman–Crippen LogP) is 2.55. The quantitative estimate of drug-likeness (QED) is 0.712. The average Bonchev–Trinajstić information content (AvgIpc) is 3.22. The molecule has 3 aromatic rings. The molecule has 8 heteroatoms. The van der Waals surface area contributed by atoms with Crippen molar-refractivity contribution in [2.45, 2.75) is 32.5 Å². The van der Waals surface area contributed by atoms with Crippen molar-refractivity contribution < 1.29 is 9.29 Å². The maximum atomic E-state index is 13.5. The summed E-state index contributed by atoms with van der Waals surface area (Å²) < 4.78 is 17.2. The van der Waals surface area contributed by atoms with E-state index in [0.29, 0.717) is 23.2 Å². The molecule has 0 radical (unpaired) electrons. The lowest BCUT2D eigenvalue weighted by atomic mass is 9.98. The number of fused-ring (bicyclic) bond motifs is 1. The van der Waals surface area contributed by atoms with Gasteiger partial charge in [0, 0.05) is 23.3 Å². The average molecular weight is 377 g/mol. The lowest BCUT2D eigenvalue weighted by Gasteiger charge is -2.31. The minimum atomic E-state index is -0.313. The smallest absolute Gasteiger partial charge is 0.225 e. The van der Waals surface area contributed by atoms with Crippen LogP contribution in [0.5, 0.6) is 0 Å². The first-order chi connectivity index (χ1) is 12.2. The van der Waals surface area contributed by atoms with E-state index in [0.717, 1.165) is 19.4 Å². The van der Waals surface area contributed by atoms with E-state index in [-0.39, 0.29) is 5.82 Å². The minimum Gasteiger partial charge on any atom is -0.310 e. The van der Waals surface area contributed by atoms with Gasteiger partial charge in [-0.25, -0.2) is 4.39 Å². The van der Waals surface area contributed by atoms with Crippen molar-refractivity contribution in [1.29, 1.82) is 0 Å². The number of benzene rings is 1. The standard InChI is InChI=1S/C17H18FN5S2/c1-2-15-14-7-9-25-16(14)6-8-21(15)11-22-17(24)23(20-19-22)13-5-3-4-12(18)10-13/h3-5,7,9-10,15H,2,6,8,11H2,1H3/p+1/t15-/m0/s1. The number of nitrogens with one attached hydrogen (secondary N) is 1. The van der Waals surface area contributed by atoms with E-state index < -0.39 is 0 Å². The number of quaternary nitrogens is 1. The second-order valence-electron chi connectivity index (χ2n) is 6.23. The molecule has 1 unspecified atom stereocenters. The second-order valence-corrected chi connectivity index (χ2v) is 7.59. The first-order valence-electron chi connectivity index (χ1n) is 8.37. The highest BCUT2D eigenvalue weighted by Crippen LogP contribution is 2.26. The summed E-state index contributed by atoms with van der Waals surface area (Å²) in [6.07, 6.45) is 2.16. The van der Waals surface area contributed by atoms with E-state index in [1.54, 1.807) is 16.8 Å². The van der Waals surface area contributed by atoms with Crippen molar-refractivity contribution in [2.75, 3.05) is 6.54 Å². The Morgan fingerprint density at radius 3 is 3.04 bits per heavy atom. The van der Waals surface area contributed by atoms with Gasteiger partial charge < -0.3 is 4.90 Å². The third-order valence-electron chi connectivity index (χ3n) is 4.77. The molecule has 4 rings (SSSR count). The lowest BCUT2D eigenvalue weighted by molar-refractivity contribution is -0.956. The van der Waals surface area contributed by atoms with Gasteiger partial charge in [-0.05, 0) is 52.3 Å². The Kier molecular flexibility index (Phi) is 4.49. The summed E-state index contributed by atoms with van der Waals surface area (Å²) in [5.41, 5.74) is 2.05. The van der Waals surface area contributed by atoms with Crippen LogP contribution in [-0.2, 0) is 13.1 Å². The van der Waals surface area contributed by atoms with Crippen LogP contribution in [0.15, 0.2) is 35.7 Å². The molecule has 0 fully saturated rings. The maximum Gasteiger partial charge on any atom is 0.225 e. The van der Waals surface area contributed by atoms with Crippen molar-refractivity contribution in [3.8, 4) is 5.69 Å². The van der Waals surface area contributed by atoms with E-state index in [1.165, 1.54) is 32.2 Å². The summed E-state index contributed by atoms with van der Waals surface area (Å²) >= 11 is 7.37. The third-order valence-corrected chi connectivity index (χ3v) is 6.15. The largest absolute Gasteiger partial charge is 0.310 e. The van der Waals surface area contributed by atoms with E-state index in [2.05, 4.69) is 28.8 Å². The van der Waals surface area contributed by atoms with Gasteiger partial charge in [0.05, 0.1) is 12.2 Å². The molecule has 0 amide bonds. The van der Waals surface area contributed by atoms with Gasteiger partial charge in [0.2, 0.25) is 4.77 Å². The van der Waals surface area contributed by atoms with Crippen LogP contribution in [0.4, 0.5) is 4.39 Å². The zero-order valence-corrected chi connectivity index (χ0v) is 15.5. The number of rotatable bonds is 4. The predicted molar refractivity (Wildman–Crippen MR) is 97.0 cm³/mol. The Morgan fingerprint density at radius 2 is 2.24 bits per heavy atom. The van der Waals surface area contributed by atoms with Gasteiger partial charge in [0.15, 0.2) is 6.67 Å². The van der Waals surface area contributed by atoms with E-state index in [4.69, 9.17) is 12.2 Å². The normalized spacial score (nSPS) is 19.8. The van der Waals surface area contributed by atoms with E-state index >= 15 is 0 Å². The number of halogens is 1. The summed E-state index contributed by atoms with van der Waals surface area (Å²) in [6, 6.07) is 8.94. The highest BCUT2D eigenvalue weighted by molar-refractivity contribution is 7.71. The van der Waals surface area contributed by atoms with Crippen molar-refractivity contribution in [1.82, 2.24) is 19.8 Å². The zero-order valence-electron chi connectivity index (χ0n) is 13.9. The topological polar surface area (TPSA) is 40.1 Å². The van der Waals surface area contributed by atoms with Crippen molar-refractivity contribution in [3.05, 3.63) is 56.7 Å². The van der Waals surface area contributed by atoms with Crippen LogP contribution in [0.25, 0.3) is 5.69 Å². The Bertz CT molecular complexity index is 944. The van der Waals surface area contributed by atoms with Gasteiger partial charge >= 0.3 is 0 Å². The van der Waals surface area contributed by atoms with Gasteiger partial charge in [0.25, 0.3) is 0 Å². The van der Waals surface area contributed by atoms with E-state index in [9.17, 15) is 4.39 Å². The summed E-state index contributed by atoms with van der Waals surface area (Å²) in [5, 5.41) is 10.5. The molecular weight excluding hydrogens is 357 g/mol. The van der Waals surface area contributed by atoms with Crippen LogP contribution < -0.4 is 4.90 Å². The summed E-state index contributed by atoms with van der Waals surface area (Å²) in [5.74, 6) is -0.313. The summed E-state index contributed by atoms with van der Waals surface area (Å²) in [6.45, 7) is 3.95. The van der Waals surface area contributed by atoms with Crippen LogP contribution >= 0.6 is 23.6 Å². The summed E-state index contributed by atoms with van der Waals surface area (Å²) in [7, 11) is 0. The highest BCUT2D eigenvalue weighted by atomic mass is 32.1. The Morgan fingerprint density at radius 1 is 1.36 bits per heavy atom. The molecule has 0 saturated carbocycles.